The summed E-state index contributed by atoms with van der Waals surface area (Å²) in [6, 6.07) is 55.2. The largest absolute Gasteiger partial charge is 0.497 e. The summed E-state index contributed by atoms with van der Waals surface area (Å²) in [5.41, 5.74) is 52.6. The fourth-order valence-electron chi connectivity index (χ4n) is 17.6. The van der Waals surface area contributed by atoms with Crippen molar-refractivity contribution >= 4 is 137 Å². The van der Waals surface area contributed by atoms with E-state index in [4.69, 9.17) is 39.1 Å². The van der Waals surface area contributed by atoms with Crippen LogP contribution in [0.4, 0.5) is 75.0 Å². The normalized spacial score (nSPS) is 12.2. The summed E-state index contributed by atoms with van der Waals surface area (Å²) in [6.45, 7) is 21.4. The molecule has 0 unspecified atom stereocenters. The van der Waals surface area contributed by atoms with Gasteiger partial charge in [0, 0.05) is 152 Å². The van der Waals surface area contributed by atoms with E-state index in [9.17, 15) is 24.8 Å². The quantitative estimate of drug-likeness (QED) is 0.0158. The average molecular weight is 2030 g/mol. The Labute approximate surface area is 869 Å². The summed E-state index contributed by atoms with van der Waals surface area (Å²) >= 11 is 0. The Morgan fingerprint density at radius 3 is 0.866 bits per heavy atom. The van der Waals surface area contributed by atoms with Crippen molar-refractivity contribution in [2.75, 3.05) is 113 Å². The molecule has 22 N–H and O–H groups in total. The lowest BCUT2D eigenvalue weighted by molar-refractivity contribution is 0.241. The van der Waals surface area contributed by atoms with Gasteiger partial charge in [0.05, 0.1) is 52.9 Å². The zero-order chi connectivity index (χ0) is 105. The number of anilines is 12. The smallest absolute Gasteiger partial charge is 0.222 e. The molecule has 786 valence electrons. The van der Waals surface area contributed by atoms with E-state index in [1.54, 1.807) is 44.0 Å². The van der Waals surface area contributed by atoms with Gasteiger partial charge in [0.2, 0.25) is 35.7 Å². The van der Waals surface area contributed by atoms with Crippen molar-refractivity contribution in [2.45, 2.75) is 215 Å². The maximum Gasteiger partial charge on any atom is 0.222 e. The molecule has 14 heterocycles. The molecule has 0 fully saturated rings. The number of ether oxygens (including phenoxy) is 1. The minimum absolute atomic E-state index is 0.0415. The van der Waals surface area contributed by atoms with Gasteiger partial charge in [0.25, 0.3) is 0 Å². The third-order valence-electron chi connectivity index (χ3n) is 25.5. The number of fused-ring (bicyclic) bond motifs is 6. The summed E-state index contributed by atoms with van der Waals surface area (Å²) in [6.07, 6.45) is 34.9. The Balaban J connectivity index is 0.000000149. The number of nitrogens with two attached hydrogens (primary N) is 6. The minimum Gasteiger partial charge on any atom is -0.497 e. The molecule has 0 aliphatic rings. The van der Waals surface area contributed by atoms with Crippen LogP contribution in [-0.4, -0.2) is 188 Å². The highest BCUT2D eigenvalue weighted by Crippen LogP contribution is 2.34. The van der Waals surface area contributed by atoms with Crippen LogP contribution in [-0.2, 0) is 39.3 Å². The molecule has 0 aliphatic heterocycles. The van der Waals surface area contributed by atoms with Crippen molar-refractivity contribution in [3.05, 3.63) is 271 Å². The van der Waals surface area contributed by atoms with Crippen LogP contribution >= 0.6 is 0 Å². The lowest BCUT2D eigenvalue weighted by Crippen LogP contribution is -2.31. The Morgan fingerprint density at radius 1 is 0.309 bits per heavy atom. The molecule has 14 aromatic heterocycles. The number of halogens is 1. The Morgan fingerprint density at radius 2 is 0.584 bits per heavy atom. The van der Waals surface area contributed by atoms with Gasteiger partial charge in [-0.1, -0.05) is 185 Å². The predicted octanol–water partition coefficient (Wildman–Crippen LogP) is 18.2. The van der Waals surface area contributed by atoms with Crippen molar-refractivity contribution < 1.29 is 29.6 Å². The van der Waals surface area contributed by atoms with Crippen LogP contribution in [0.15, 0.2) is 232 Å². The number of nitrogens with one attached hydrogen (secondary N) is 6. The number of aromatic nitrogens is 20. The third-order valence-corrected chi connectivity index (χ3v) is 25.5. The molecule has 38 heteroatoms. The van der Waals surface area contributed by atoms with Gasteiger partial charge in [0.15, 0.2) is 34.9 Å². The summed E-state index contributed by atoms with van der Waals surface area (Å²) < 4.78 is 30.9. The summed E-state index contributed by atoms with van der Waals surface area (Å²) in [5.74, 6) is 6.87. The van der Waals surface area contributed by atoms with E-state index in [0.717, 1.165) is 228 Å². The van der Waals surface area contributed by atoms with Gasteiger partial charge in [-0.25, -0.2) is 34.3 Å². The molecule has 18 aromatic rings. The van der Waals surface area contributed by atoms with Gasteiger partial charge < -0.3 is 119 Å². The number of pyridine rings is 2. The Bertz CT molecular complexity index is 6950. The molecular weight excluding hydrogens is 1880 g/mol. The van der Waals surface area contributed by atoms with E-state index >= 15 is 0 Å². The number of methoxy groups -OCH3 is 1. The number of unbranched alkanes of at least 4 members (excludes halogenated alkanes) is 4. The van der Waals surface area contributed by atoms with Crippen LogP contribution in [0, 0.1) is 11.7 Å². The van der Waals surface area contributed by atoms with E-state index in [-0.39, 0.29) is 86.2 Å². The van der Waals surface area contributed by atoms with E-state index < -0.39 is 0 Å². The van der Waals surface area contributed by atoms with E-state index in [1.165, 1.54) is 28.8 Å². The van der Waals surface area contributed by atoms with Gasteiger partial charge >= 0.3 is 0 Å². The maximum absolute atomic E-state index is 13.0. The molecule has 0 aliphatic carbocycles. The first-order valence-electron chi connectivity index (χ1n) is 51.6. The Kier molecular flexibility index (Phi) is 42.0. The van der Waals surface area contributed by atoms with Crippen LogP contribution in [0.5, 0.6) is 5.75 Å². The zero-order valence-electron chi connectivity index (χ0n) is 86.6. The number of rotatable bonds is 46. The SMILES string of the molecule is CCCCNc1nc(N)nc2ccn(Cc3ccc(F)cc3)c12.CCCCNc1nc(N)nc2ccn(Cc3ccc(OC)cc3)c12.CCCC[C@@H](CCO)Nc1nc(N)nc2ccn(Cc3ccccc3)c12.CCCC[C@@H](CCO)Nc1nc(N)nc2ccn(Cc3ccncc3)c12.CCC[C@@H](CCO)Nc1nc(N)nc2ccn(Cc3ccncc3)c12.CC[C@H](C)[C@@H](CO)Nc1nc(N)nc2ccn(Cc3ccccc3)c12. The topological polar surface area (TPSA) is 528 Å². The fraction of sp³-hybridized carbons (Fsp3) is 0.369. The molecule has 0 saturated carbocycles. The standard InChI is InChI=1S/C20H27N5O.C19H26N6O.C19H25N5O.C18H24N6O.C18H23N5O.C17H20FN5/c1-2-3-9-16(11-13-26)22-19-18-17(23-20(21)24-19)10-12-25(18)14-15-7-5-4-6-8-15;1-2-3-4-15(8-12-26)22-18-17-16(23-19(20)24-18)7-11-25(17)13-14-5-9-21-10-6-14;1-3-13(2)16(12-25)21-18-17-15(22-19(20)23-18)9-10-24(17)11-14-7-5-4-6-8-14;1-2-3-14(7-11-25)21-17-16-15(22-18(19)23-17)6-10-24(16)12-13-4-8-20-9-5-13;1-3-4-10-20-17-16-15(21-18(19)22-17)9-11-23(16)12-13-5-7-14(24-2)8-6-13;1-2-3-9-20-16-15-14(21-17(19)22-16)8-10-23(15)11-12-4-6-13(18)7-5-12/h4-8,10,12,16,26H,2-3,9,11,13-14H2,1H3,(H3,21,22,23,24);5-7,9-11,15,26H,2-4,8,12-13H2,1H3,(H3,20,22,23,24);4-10,13,16,25H,3,11-12H2,1-2H3,(H3,20,21,22,23);4-6,8-10,14,25H,2-3,7,11-12H2,1H3,(H3,19,21,22,23);5-9,11H,3-4,10,12H2,1-2H3,(H3,19,20,21,22);4-8,10H,2-3,9,11H2,1H3,(H3,19,20,21,22)/t16-;15-;13-,16+;14-;;/m0000../s1. The number of nitrogen functional groups attached to an aromatic ring is 6. The molecule has 0 spiro atoms. The van der Waals surface area contributed by atoms with Gasteiger partial charge in [-0.15, -0.1) is 0 Å². The third kappa shape index (κ3) is 31.6. The lowest BCUT2D eigenvalue weighted by Gasteiger charge is -2.23. The molecule has 0 radical (unpaired) electrons. The van der Waals surface area contributed by atoms with Crippen molar-refractivity contribution in [1.82, 2.24) is 97.2 Å². The average Bonchev–Trinajstić information content (AvgIpc) is 1.68. The van der Waals surface area contributed by atoms with Crippen LogP contribution in [0.25, 0.3) is 66.2 Å². The molecule has 0 saturated heterocycles. The number of hydrogen-bond acceptors (Lipinski definition) is 31. The molecule has 0 bridgehead atoms. The predicted molar refractivity (Wildman–Crippen MR) is 599 cm³/mol. The lowest BCUT2D eigenvalue weighted by atomic mass is 10.00. The zero-order valence-corrected chi connectivity index (χ0v) is 86.6. The molecule has 5 atom stereocenters. The maximum atomic E-state index is 13.0. The van der Waals surface area contributed by atoms with E-state index in [2.05, 4.69) is 214 Å². The summed E-state index contributed by atoms with van der Waals surface area (Å²) in [4.78, 5) is 60.6. The van der Waals surface area contributed by atoms with Crippen molar-refractivity contribution in [3.63, 3.8) is 0 Å². The number of aliphatic hydroxyl groups is 4. The highest BCUT2D eigenvalue weighted by atomic mass is 19.1. The van der Waals surface area contributed by atoms with Crippen LogP contribution < -0.4 is 71.0 Å². The molecular formula is C111H145FN32O5. The van der Waals surface area contributed by atoms with Gasteiger partial charge in [-0.05, 0) is 176 Å². The van der Waals surface area contributed by atoms with E-state index in [1.807, 2.05) is 146 Å². The monoisotopic (exact) mass is 2030 g/mol. The van der Waals surface area contributed by atoms with Crippen molar-refractivity contribution in [1.29, 1.82) is 0 Å². The van der Waals surface area contributed by atoms with Gasteiger partial charge in [-0.2, -0.15) is 29.9 Å². The molecule has 0 amide bonds. The summed E-state index contributed by atoms with van der Waals surface area (Å²) in [7, 11) is 1.67. The Hall–Kier alpha value is -15.9. The van der Waals surface area contributed by atoms with Crippen molar-refractivity contribution in [3.8, 4) is 5.75 Å². The number of nitrogens with zero attached hydrogens (tertiary/aromatic N) is 20. The second-order valence-corrected chi connectivity index (χ2v) is 36.8. The van der Waals surface area contributed by atoms with Crippen LogP contribution in [0.3, 0.4) is 0 Å². The van der Waals surface area contributed by atoms with Gasteiger partial charge in [-0.3, -0.25) is 9.97 Å². The molecule has 18 rings (SSSR count). The number of aliphatic hydroxyl groups excluding tert-OH is 4. The second kappa shape index (κ2) is 56.7. The first kappa shape index (κ1) is 110. The second-order valence-electron chi connectivity index (χ2n) is 36.8. The highest BCUT2D eigenvalue weighted by molar-refractivity contribution is 5.92. The van der Waals surface area contributed by atoms with E-state index in [0.29, 0.717) is 62.4 Å². The van der Waals surface area contributed by atoms with Crippen LogP contribution in [0.2, 0.25) is 0 Å². The minimum atomic E-state index is -0.232. The number of benzene rings is 4. The fourth-order valence-corrected chi connectivity index (χ4v) is 17.6. The first-order valence-corrected chi connectivity index (χ1v) is 51.6. The summed E-state index contributed by atoms with van der Waals surface area (Å²) in [5, 5.41) is 58.4. The van der Waals surface area contributed by atoms with Crippen molar-refractivity contribution in [2.24, 2.45) is 5.92 Å². The van der Waals surface area contributed by atoms with Crippen LogP contribution in [0.1, 0.15) is 185 Å². The van der Waals surface area contributed by atoms with Gasteiger partial charge in [0.1, 0.15) is 44.7 Å². The first-order chi connectivity index (χ1) is 72.6. The molecule has 4 aromatic carbocycles. The highest BCUT2D eigenvalue weighted by Gasteiger charge is 2.25. The molecule has 37 nitrogen and oxygen atoms in total. The molecule has 149 heavy (non-hydrogen) atoms. The number of hydrogen-bond donors (Lipinski definition) is 16.